The van der Waals surface area contributed by atoms with Gasteiger partial charge in [0.1, 0.15) is 0 Å². The van der Waals surface area contributed by atoms with Crippen molar-refractivity contribution in [1.29, 1.82) is 0 Å². The van der Waals surface area contributed by atoms with Crippen LogP contribution in [0.5, 0.6) is 0 Å². The SMILES string of the molecule is CON1C(=O)CCCCC1/C=C/[Si](C(C)C)(C(C)C)C(C)C. The number of hydroxylamine groups is 2. The molecular weight excluding hydrogens is 290 g/mol. The van der Waals surface area contributed by atoms with Crippen molar-refractivity contribution >= 4 is 14.0 Å². The zero-order valence-electron chi connectivity index (χ0n) is 15.6. The molecule has 1 fully saturated rings. The van der Waals surface area contributed by atoms with Gasteiger partial charge in [-0.3, -0.25) is 9.63 Å². The topological polar surface area (TPSA) is 29.5 Å². The van der Waals surface area contributed by atoms with Gasteiger partial charge < -0.3 is 0 Å². The lowest BCUT2D eigenvalue weighted by Gasteiger charge is -2.41. The number of nitrogens with zero attached hydrogens (tertiary/aromatic N) is 1. The third-order valence-electron chi connectivity index (χ3n) is 5.49. The Morgan fingerprint density at radius 1 is 1.09 bits per heavy atom. The van der Waals surface area contributed by atoms with Crippen molar-refractivity contribution in [2.45, 2.75) is 89.9 Å². The monoisotopic (exact) mass is 325 g/mol. The second-order valence-electron chi connectivity index (χ2n) is 7.54. The molecule has 0 radical (unpaired) electrons. The van der Waals surface area contributed by atoms with Gasteiger partial charge in [0.05, 0.1) is 21.2 Å². The number of amides is 1. The van der Waals surface area contributed by atoms with Crippen LogP contribution in [0, 0.1) is 0 Å². The Morgan fingerprint density at radius 3 is 2.09 bits per heavy atom. The maximum Gasteiger partial charge on any atom is 0.246 e. The summed E-state index contributed by atoms with van der Waals surface area (Å²) in [7, 11) is 0.0467. The minimum atomic E-state index is -1.57. The van der Waals surface area contributed by atoms with Crippen LogP contribution in [0.1, 0.15) is 67.2 Å². The Balaban J connectivity index is 3.09. The highest BCUT2D eigenvalue weighted by Crippen LogP contribution is 2.42. The zero-order valence-corrected chi connectivity index (χ0v) is 16.6. The predicted octanol–water partition coefficient (Wildman–Crippen LogP) is 5.09. The molecule has 1 rings (SSSR count). The fraction of sp³-hybridized carbons (Fsp3) is 0.833. The summed E-state index contributed by atoms with van der Waals surface area (Å²) in [5.74, 6) is 0.126. The van der Waals surface area contributed by atoms with E-state index in [1.165, 1.54) is 0 Å². The van der Waals surface area contributed by atoms with E-state index in [1.807, 2.05) is 0 Å². The van der Waals surface area contributed by atoms with Gasteiger partial charge in [-0.1, -0.05) is 59.7 Å². The van der Waals surface area contributed by atoms with Crippen LogP contribution in [-0.4, -0.2) is 32.2 Å². The highest BCUT2D eigenvalue weighted by Gasteiger charge is 2.40. The molecule has 1 atom stereocenters. The molecule has 0 spiro atoms. The molecular formula is C18H35NO2Si. The number of hydrogen-bond donors (Lipinski definition) is 0. The lowest BCUT2D eigenvalue weighted by molar-refractivity contribution is -0.182. The quantitative estimate of drug-likeness (QED) is 0.636. The van der Waals surface area contributed by atoms with Gasteiger partial charge in [-0.2, -0.15) is 0 Å². The van der Waals surface area contributed by atoms with Crippen LogP contribution >= 0.6 is 0 Å². The minimum absolute atomic E-state index is 0.100. The summed E-state index contributed by atoms with van der Waals surface area (Å²) < 4.78 is 0. The molecule has 0 N–H and O–H groups in total. The molecule has 1 unspecified atom stereocenters. The van der Waals surface area contributed by atoms with E-state index in [4.69, 9.17) is 4.84 Å². The normalized spacial score (nSPS) is 21.5. The second-order valence-corrected chi connectivity index (χ2v) is 13.3. The third-order valence-corrected chi connectivity index (χ3v) is 12.3. The van der Waals surface area contributed by atoms with Crippen molar-refractivity contribution in [3.8, 4) is 0 Å². The molecule has 4 heteroatoms. The molecule has 1 amide bonds. The number of carbonyl (C=O) groups is 1. The van der Waals surface area contributed by atoms with Gasteiger partial charge in [0, 0.05) is 6.42 Å². The summed E-state index contributed by atoms with van der Waals surface area (Å²) in [6, 6.07) is 0.100. The van der Waals surface area contributed by atoms with E-state index >= 15 is 0 Å². The summed E-state index contributed by atoms with van der Waals surface area (Å²) >= 11 is 0. The second kappa shape index (κ2) is 8.30. The van der Waals surface area contributed by atoms with Gasteiger partial charge in [0.25, 0.3) is 0 Å². The lowest BCUT2D eigenvalue weighted by atomic mass is 10.1. The highest BCUT2D eigenvalue weighted by molar-refractivity contribution is 6.87. The van der Waals surface area contributed by atoms with Crippen LogP contribution in [0.4, 0.5) is 0 Å². The lowest BCUT2D eigenvalue weighted by Crippen LogP contribution is -2.44. The van der Waals surface area contributed by atoms with Gasteiger partial charge in [0.15, 0.2) is 0 Å². The van der Waals surface area contributed by atoms with Crippen LogP contribution in [0.15, 0.2) is 11.8 Å². The average Bonchev–Trinajstić information content (AvgIpc) is 2.59. The predicted molar refractivity (Wildman–Crippen MR) is 96.3 cm³/mol. The van der Waals surface area contributed by atoms with Crippen molar-refractivity contribution in [2.24, 2.45) is 0 Å². The third kappa shape index (κ3) is 4.02. The molecule has 0 aromatic rings. The fourth-order valence-corrected chi connectivity index (χ4v) is 10.0. The van der Waals surface area contributed by atoms with E-state index in [2.05, 4.69) is 53.3 Å². The Morgan fingerprint density at radius 2 is 1.64 bits per heavy atom. The molecule has 3 nitrogen and oxygen atoms in total. The largest absolute Gasteiger partial charge is 0.274 e. The van der Waals surface area contributed by atoms with E-state index in [-0.39, 0.29) is 11.9 Å². The molecule has 1 aliphatic rings. The van der Waals surface area contributed by atoms with E-state index in [1.54, 1.807) is 12.2 Å². The molecule has 0 bridgehead atoms. The first-order valence-electron chi connectivity index (χ1n) is 8.82. The Labute approximate surface area is 138 Å². The smallest absolute Gasteiger partial charge is 0.246 e. The van der Waals surface area contributed by atoms with Crippen LogP contribution in [0.25, 0.3) is 0 Å². The van der Waals surface area contributed by atoms with Crippen molar-refractivity contribution in [3.63, 3.8) is 0 Å². The minimum Gasteiger partial charge on any atom is -0.274 e. The summed E-state index contributed by atoms with van der Waals surface area (Å²) in [6.45, 7) is 14.2. The summed E-state index contributed by atoms with van der Waals surface area (Å²) in [5.41, 5.74) is 4.60. The van der Waals surface area contributed by atoms with Crippen molar-refractivity contribution < 1.29 is 9.63 Å². The summed E-state index contributed by atoms with van der Waals surface area (Å²) in [6.07, 6.45) is 5.98. The fourth-order valence-electron chi connectivity index (χ4n) is 4.31. The molecule has 1 heterocycles. The first kappa shape index (κ1) is 19.4. The maximum absolute atomic E-state index is 12.2. The molecule has 1 saturated heterocycles. The number of rotatable bonds is 6. The maximum atomic E-state index is 12.2. The van der Waals surface area contributed by atoms with E-state index in [0.29, 0.717) is 23.0 Å². The first-order valence-corrected chi connectivity index (χ1v) is 11.1. The Kier molecular flexibility index (Phi) is 7.33. The molecule has 0 aliphatic carbocycles. The summed E-state index contributed by atoms with van der Waals surface area (Å²) in [4.78, 5) is 17.6. The standard InChI is InChI=1S/C18H35NO2Si/c1-14(2)22(15(3)4,16(5)6)13-12-17-10-8-9-11-18(20)19(17)21-7/h12-17H,8-11H2,1-7H3/b13-12+. The van der Waals surface area contributed by atoms with E-state index in [9.17, 15) is 4.79 Å². The molecule has 0 aromatic heterocycles. The van der Waals surface area contributed by atoms with Gasteiger partial charge in [-0.25, -0.2) is 5.06 Å². The van der Waals surface area contributed by atoms with Crippen molar-refractivity contribution in [1.82, 2.24) is 5.06 Å². The Bertz CT molecular complexity index is 369. The van der Waals surface area contributed by atoms with E-state index < -0.39 is 8.07 Å². The molecule has 0 saturated carbocycles. The van der Waals surface area contributed by atoms with Gasteiger partial charge >= 0.3 is 0 Å². The Hall–Kier alpha value is -0.613. The van der Waals surface area contributed by atoms with Crippen molar-refractivity contribution in [2.75, 3.05) is 7.11 Å². The van der Waals surface area contributed by atoms with Gasteiger partial charge in [-0.15, -0.1) is 0 Å². The van der Waals surface area contributed by atoms with Crippen molar-refractivity contribution in [3.05, 3.63) is 11.8 Å². The number of hydrogen-bond acceptors (Lipinski definition) is 2. The average molecular weight is 326 g/mol. The van der Waals surface area contributed by atoms with Gasteiger partial charge in [-0.05, 0) is 29.5 Å². The van der Waals surface area contributed by atoms with Crippen LogP contribution < -0.4 is 0 Å². The first-order chi connectivity index (χ1) is 10.3. The summed E-state index contributed by atoms with van der Waals surface area (Å²) in [5, 5.41) is 1.60. The van der Waals surface area contributed by atoms with Crippen LogP contribution in [0.3, 0.4) is 0 Å². The van der Waals surface area contributed by atoms with Crippen LogP contribution in [-0.2, 0) is 9.63 Å². The van der Waals surface area contributed by atoms with Gasteiger partial charge in [0.2, 0.25) is 5.91 Å². The number of carbonyl (C=O) groups excluding carboxylic acids is 1. The highest BCUT2D eigenvalue weighted by atomic mass is 28.3. The van der Waals surface area contributed by atoms with Crippen LogP contribution in [0.2, 0.25) is 16.6 Å². The zero-order chi connectivity index (χ0) is 16.9. The molecule has 0 aromatic carbocycles. The molecule has 128 valence electrons. The van der Waals surface area contributed by atoms with E-state index in [0.717, 1.165) is 19.3 Å². The molecule has 22 heavy (non-hydrogen) atoms. The molecule has 1 aliphatic heterocycles.